The molecule has 4 amide bonds. The Balaban J connectivity index is 1.72. The van der Waals surface area contributed by atoms with Crippen LogP contribution < -0.4 is 20.4 Å². The van der Waals surface area contributed by atoms with E-state index in [0.717, 1.165) is 11.3 Å². The van der Waals surface area contributed by atoms with Crippen molar-refractivity contribution in [1.29, 1.82) is 0 Å². The summed E-state index contributed by atoms with van der Waals surface area (Å²) in [5, 5.41) is 5.30. The zero-order valence-electron chi connectivity index (χ0n) is 19.0. The molecule has 3 aromatic rings. The second-order valence-corrected chi connectivity index (χ2v) is 7.69. The lowest BCUT2D eigenvalue weighted by Crippen LogP contribution is -2.52. The van der Waals surface area contributed by atoms with Gasteiger partial charge < -0.3 is 15.5 Å². The quantitative estimate of drug-likeness (QED) is 0.573. The summed E-state index contributed by atoms with van der Waals surface area (Å²) in [5.74, 6) is -0.648. The van der Waals surface area contributed by atoms with Gasteiger partial charge in [-0.15, -0.1) is 0 Å². The number of amides is 4. The Morgan fingerprint density at radius 3 is 2.06 bits per heavy atom. The minimum Gasteiger partial charge on any atom is -0.329 e. The molecule has 0 saturated carbocycles. The smallest absolute Gasteiger partial charge is 0.319 e. The summed E-state index contributed by atoms with van der Waals surface area (Å²) < 4.78 is 0. The average molecular weight is 445 g/mol. The Labute approximate surface area is 194 Å². The van der Waals surface area contributed by atoms with Crippen LogP contribution in [-0.2, 0) is 9.59 Å². The van der Waals surface area contributed by atoms with Gasteiger partial charge in [0.25, 0.3) is 0 Å². The highest BCUT2D eigenvalue weighted by molar-refractivity contribution is 6.07. The van der Waals surface area contributed by atoms with E-state index in [2.05, 4.69) is 10.6 Å². The maximum atomic E-state index is 13.2. The Morgan fingerprint density at radius 1 is 0.848 bits per heavy atom. The first-order chi connectivity index (χ1) is 15.9. The number of nitrogens with zero attached hydrogens (tertiary/aromatic N) is 2. The molecule has 7 heteroatoms. The first-order valence-corrected chi connectivity index (χ1v) is 10.7. The van der Waals surface area contributed by atoms with Crippen LogP contribution in [0.5, 0.6) is 0 Å². The molecular formula is C26H28N4O3. The van der Waals surface area contributed by atoms with E-state index in [1.165, 1.54) is 9.80 Å². The molecule has 3 aromatic carbocycles. The van der Waals surface area contributed by atoms with E-state index < -0.39 is 18.0 Å². The summed E-state index contributed by atoms with van der Waals surface area (Å²) >= 11 is 0. The van der Waals surface area contributed by atoms with Crippen molar-refractivity contribution in [1.82, 2.24) is 5.32 Å². The summed E-state index contributed by atoms with van der Waals surface area (Å²) in [7, 11) is 1.68. The van der Waals surface area contributed by atoms with Crippen LogP contribution in [-0.4, -0.2) is 37.5 Å². The third kappa shape index (κ3) is 6.20. The van der Waals surface area contributed by atoms with Crippen LogP contribution in [0.15, 0.2) is 84.9 Å². The van der Waals surface area contributed by atoms with Crippen molar-refractivity contribution < 1.29 is 14.4 Å². The maximum Gasteiger partial charge on any atom is 0.319 e. The Kier molecular flexibility index (Phi) is 7.81. The minimum absolute atomic E-state index is 0.248. The van der Waals surface area contributed by atoms with E-state index >= 15 is 0 Å². The topological polar surface area (TPSA) is 81.8 Å². The number of anilines is 3. The summed E-state index contributed by atoms with van der Waals surface area (Å²) in [4.78, 5) is 41.6. The van der Waals surface area contributed by atoms with Gasteiger partial charge in [0, 0.05) is 24.1 Å². The normalized spacial score (nSPS) is 11.2. The highest BCUT2D eigenvalue weighted by Gasteiger charge is 2.30. The van der Waals surface area contributed by atoms with Gasteiger partial charge in [-0.05, 0) is 55.8 Å². The predicted octanol–water partition coefficient (Wildman–Crippen LogP) is 4.20. The standard InChI is InChI=1S/C26H28N4O3/c1-19-11-10-12-21(17-19)28-26(33)27-18-24(31)30(23-15-8-5-9-16-23)20(2)25(32)29(3)22-13-6-4-7-14-22/h4-17,20H,18H2,1-3H3,(H2,27,28,33). The van der Waals surface area contributed by atoms with Gasteiger partial charge in [0.2, 0.25) is 11.8 Å². The molecule has 0 aliphatic carbocycles. The lowest BCUT2D eigenvalue weighted by atomic mass is 10.1. The van der Waals surface area contributed by atoms with Crippen molar-refractivity contribution >= 4 is 34.9 Å². The number of hydrogen-bond acceptors (Lipinski definition) is 3. The number of nitrogens with one attached hydrogen (secondary N) is 2. The zero-order valence-corrected chi connectivity index (χ0v) is 19.0. The molecule has 0 saturated heterocycles. The molecule has 1 atom stereocenters. The van der Waals surface area contributed by atoms with Gasteiger partial charge in [-0.2, -0.15) is 0 Å². The van der Waals surface area contributed by atoms with E-state index in [1.54, 1.807) is 44.3 Å². The molecule has 0 bridgehead atoms. The number of carbonyl (C=O) groups excluding carboxylic acids is 3. The molecule has 0 aliphatic rings. The number of likely N-dealkylation sites (N-methyl/N-ethyl adjacent to an activating group) is 1. The van der Waals surface area contributed by atoms with Gasteiger partial charge >= 0.3 is 6.03 Å². The van der Waals surface area contributed by atoms with Crippen LogP contribution in [0.25, 0.3) is 0 Å². The maximum absolute atomic E-state index is 13.2. The molecule has 3 rings (SSSR count). The molecule has 0 radical (unpaired) electrons. The Bertz CT molecular complexity index is 1100. The molecule has 0 aromatic heterocycles. The number of aryl methyl sites for hydroxylation is 1. The van der Waals surface area contributed by atoms with Gasteiger partial charge in [-0.1, -0.05) is 48.5 Å². The number of hydrogen-bond donors (Lipinski definition) is 2. The minimum atomic E-state index is -0.785. The van der Waals surface area contributed by atoms with Crippen molar-refractivity contribution in [3.63, 3.8) is 0 Å². The third-order valence-corrected chi connectivity index (χ3v) is 5.20. The van der Waals surface area contributed by atoms with Crippen molar-refractivity contribution in [2.75, 3.05) is 28.7 Å². The van der Waals surface area contributed by atoms with Crippen molar-refractivity contribution in [3.8, 4) is 0 Å². The number of benzene rings is 3. The van der Waals surface area contributed by atoms with Gasteiger partial charge in [0.1, 0.15) is 6.04 Å². The van der Waals surface area contributed by atoms with Gasteiger partial charge in [-0.3, -0.25) is 14.5 Å². The lowest BCUT2D eigenvalue weighted by Gasteiger charge is -2.31. The fourth-order valence-corrected chi connectivity index (χ4v) is 3.48. The van der Waals surface area contributed by atoms with Crippen LogP contribution in [0.1, 0.15) is 12.5 Å². The zero-order chi connectivity index (χ0) is 23.8. The van der Waals surface area contributed by atoms with Crippen LogP contribution in [0, 0.1) is 6.92 Å². The monoisotopic (exact) mass is 444 g/mol. The van der Waals surface area contributed by atoms with Crippen LogP contribution in [0.2, 0.25) is 0 Å². The van der Waals surface area contributed by atoms with Gasteiger partial charge in [0.15, 0.2) is 0 Å². The van der Waals surface area contributed by atoms with Gasteiger partial charge in [-0.25, -0.2) is 4.79 Å². The number of para-hydroxylation sites is 2. The van der Waals surface area contributed by atoms with E-state index in [9.17, 15) is 14.4 Å². The van der Waals surface area contributed by atoms with E-state index in [-0.39, 0.29) is 12.5 Å². The number of urea groups is 1. The largest absolute Gasteiger partial charge is 0.329 e. The Hall–Kier alpha value is -4.13. The van der Waals surface area contributed by atoms with Crippen molar-refractivity contribution in [2.45, 2.75) is 19.9 Å². The molecule has 0 heterocycles. The molecule has 170 valence electrons. The highest BCUT2D eigenvalue weighted by atomic mass is 16.2. The molecule has 0 fully saturated rings. The summed E-state index contributed by atoms with van der Waals surface area (Å²) in [5.41, 5.74) is 2.94. The second kappa shape index (κ2) is 10.9. The molecule has 7 nitrogen and oxygen atoms in total. The van der Waals surface area contributed by atoms with E-state index in [1.807, 2.05) is 61.5 Å². The molecule has 1 unspecified atom stereocenters. The number of carbonyl (C=O) groups is 3. The van der Waals surface area contributed by atoms with Crippen molar-refractivity contribution in [3.05, 3.63) is 90.5 Å². The molecule has 0 aliphatic heterocycles. The van der Waals surface area contributed by atoms with Crippen LogP contribution >= 0.6 is 0 Å². The fraction of sp³-hybridized carbons (Fsp3) is 0.192. The Morgan fingerprint density at radius 2 is 1.45 bits per heavy atom. The van der Waals surface area contributed by atoms with E-state index in [0.29, 0.717) is 11.4 Å². The van der Waals surface area contributed by atoms with E-state index in [4.69, 9.17) is 0 Å². The second-order valence-electron chi connectivity index (χ2n) is 7.69. The average Bonchev–Trinajstić information content (AvgIpc) is 2.83. The molecule has 2 N–H and O–H groups in total. The van der Waals surface area contributed by atoms with Crippen molar-refractivity contribution in [2.24, 2.45) is 0 Å². The molecular weight excluding hydrogens is 416 g/mol. The highest BCUT2D eigenvalue weighted by Crippen LogP contribution is 2.20. The SMILES string of the molecule is Cc1cccc(NC(=O)NCC(=O)N(c2ccccc2)C(C)C(=O)N(C)c2ccccc2)c1. The van der Waals surface area contributed by atoms with Crippen LogP contribution in [0.4, 0.5) is 21.9 Å². The summed E-state index contributed by atoms with van der Waals surface area (Å²) in [6.45, 7) is 3.34. The lowest BCUT2D eigenvalue weighted by molar-refractivity contribution is -0.123. The van der Waals surface area contributed by atoms with Gasteiger partial charge in [0.05, 0.1) is 6.54 Å². The van der Waals surface area contributed by atoms with Crippen LogP contribution in [0.3, 0.4) is 0 Å². The molecule has 0 spiro atoms. The molecule has 33 heavy (non-hydrogen) atoms. The number of rotatable bonds is 7. The first kappa shape index (κ1) is 23.5. The third-order valence-electron chi connectivity index (χ3n) is 5.20. The predicted molar refractivity (Wildman–Crippen MR) is 131 cm³/mol. The fourth-order valence-electron chi connectivity index (χ4n) is 3.48. The summed E-state index contributed by atoms with van der Waals surface area (Å²) in [6, 6.07) is 24.3. The first-order valence-electron chi connectivity index (χ1n) is 10.7. The summed E-state index contributed by atoms with van der Waals surface area (Å²) in [6.07, 6.45) is 0.